The van der Waals surface area contributed by atoms with E-state index in [1.54, 1.807) is 24.1 Å². The first kappa shape index (κ1) is 17.0. The van der Waals surface area contributed by atoms with E-state index in [4.69, 9.17) is 9.15 Å². The molecule has 0 aromatic carbocycles. The van der Waals surface area contributed by atoms with E-state index in [9.17, 15) is 14.4 Å². The molecule has 0 spiro atoms. The van der Waals surface area contributed by atoms with Crippen LogP contribution >= 0.6 is 0 Å². The maximum absolute atomic E-state index is 12.1. The van der Waals surface area contributed by atoms with Crippen LogP contribution in [0.25, 0.3) is 0 Å². The molecule has 1 saturated heterocycles. The third-order valence-electron chi connectivity index (χ3n) is 3.59. The third-order valence-corrected chi connectivity index (χ3v) is 3.59. The summed E-state index contributed by atoms with van der Waals surface area (Å²) >= 11 is 0. The number of nitrogens with zero attached hydrogens (tertiary/aromatic N) is 2. The lowest BCUT2D eigenvalue weighted by Crippen LogP contribution is -2.53. The number of rotatable bonds is 5. The molecule has 1 aromatic rings. The second-order valence-corrected chi connectivity index (χ2v) is 5.16. The van der Waals surface area contributed by atoms with Crippen molar-refractivity contribution in [1.29, 1.82) is 0 Å². The fraction of sp³-hybridized carbons (Fsp3) is 0.533. The molecule has 2 rings (SSSR count). The van der Waals surface area contributed by atoms with Crippen molar-refractivity contribution in [2.24, 2.45) is 0 Å². The molecule has 0 unspecified atom stereocenters. The molecule has 3 amide bonds. The number of hydrogen-bond donors (Lipinski definition) is 1. The molecule has 0 saturated carbocycles. The van der Waals surface area contributed by atoms with Crippen LogP contribution in [-0.4, -0.2) is 74.0 Å². The first-order valence-corrected chi connectivity index (χ1v) is 7.52. The topological polar surface area (TPSA) is 92.1 Å². The van der Waals surface area contributed by atoms with Gasteiger partial charge in [0.15, 0.2) is 5.76 Å². The largest absolute Gasteiger partial charge is 0.459 e. The van der Waals surface area contributed by atoms with Gasteiger partial charge in [-0.2, -0.15) is 0 Å². The summed E-state index contributed by atoms with van der Waals surface area (Å²) in [5, 5.41) is 2.57. The van der Waals surface area contributed by atoms with Gasteiger partial charge in [0.25, 0.3) is 5.91 Å². The molecule has 0 aliphatic carbocycles. The average Bonchev–Trinajstić information content (AvgIpc) is 3.12. The Bertz CT molecular complexity index is 535. The smallest absolute Gasteiger partial charge is 0.312 e. The van der Waals surface area contributed by atoms with Crippen molar-refractivity contribution in [2.45, 2.75) is 6.42 Å². The van der Waals surface area contributed by atoms with E-state index in [1.165, 1.54) is 11.2 Å². The maximum atomic E-state index is 12.1. The predicted molar refractivity (Wildman–Crippen MR) is 80.7 cm³/mol. The van der Waals surface area contributed by atoms with E-state index >= 15 is 0 Å². The number of carbonyl (C=O) groups excluding carboxylic acids is 3. The van der Waals surface area contributed by atoms with Crippen molar-refractivity contribution in [3.63, 3.8) is 0 Å². The first-order chi connectivity index (χ1) is 11.1. The Morgan fingerprint density at radius 3 is 2.52 bits per heavy atom. The second kappa shape index (κ2) is 8.33. The van der Waals surface area contributed by atoms with Crippen molar-refractivity contribution in [2.75, 3.05) is 46.4 Å². The molecule has 1 aliphatic heterocycles. The van der Waals surface area contributed by atoms with Gasteiger partial charge in [-0.25, -0.2) is 0 Å². The highest BCUT2D eigenvalue weighted by Gasteiger charge is 2.28. The van der Waals surface area contributed by atoms with Crippen LogP contribution in [0.1, 0.15) is 17.0 Å². The fourth-order valence-corrected chi connectivity index (χ4v) is 2.31. The number of amides is 3. The highest BCUT2D eigenvalue weighted by atomic mass is 16.5. The van der Waals surface area contributed by atoms with Crippen LogP contribution in [0.4, 0.5) is 0 Å². The normalized spacial score (nSPS) is 14.7. The number of carbonyl (C=O) groups is 3. The molecule has 1 N–H and O–H groups in total. The highest BCUT2D eigenvalue weighted by molar-refractivity contribution is 6.35. The number of hydrogen-bond acceptors (Lipinski definition) is 5. The molecule has 0 radical (unpaired) electrons. The fourth-order valence-electron chi connectivity index (χ4n) is 2.31. The van der Waals surface area contributed by atoms with Crippen LogP contribution in [0.15, 0.2) is 22.8 Å². The molecule has 8 nitrogen and oxygen atoms in total. The van der Waals surface area contributed by atoms with Gasteiger partial charge in [0.05, 0.1) is 6.26 Å². The summed E-state index contributed by atoms with van der Waals surface area (Å²) in [6, 6.07) is 3.26. The van der Waals surface area contributed by atoms with E-state index in [2.05, 4.69) is 5.32 Å². The van der Waals surface area contributed by atoms with Gasteiger partial charge in [-0.3, -0.25) is 14.4 Å². The van der Waals surface area contributed by atoms with E-state index in [0.29, 0.717) is 45.8 Å². The lowest BCUT2D eigenvalue weighted by Gasteiger charge is -2.33. The minimum absolute atomic E-state index is 0.203. The van der Waals surface area contributed by atoms with E-state index < -0.39 is 11.8 Å². The minimum atomic E-state index is -0.619. The molecule has 1 fully saturated rings. The lowest BCUT2D eigenvalue weighted by molar-refractivity contribution is -0.146. The van der Waals surface area contributed by atoms with Crippen LogP contribution in [0.3, 0.4) is 0 Å². The standard InChI is InChI=1S/C15H21N3O5/c1-22-10-3-5-16-13(19)15(21)18-8-6-17(7-9-18)14(20)12-4-2-11-23-12/h2,4,11H,3,5-10H2,1H3,(H,16,19). The maximum Gasteiger partial charge on any atom is 0.312 e. The Balaban J connectivity index is 1.76. The van der Waals surface area contributed by atoms with Gasteiger partial charge in [0, 0.05) is 46.4 Å². The van der Waals surface area contributed by atoms with Gasteiger partial charge in [-0.15, -0.1) is 0 Å². The SMILES string of the molecule is COCCCNC(=O)C(=O)N1CCN(C(=O)c2ccco2)CC1. The summed E-state index contributed by atoms with van der Waals surface area (Å²) in [6.45, 7) is 2.34. The third kappa shape index (κ3) is 4.56. The molecule has 126 valence electrons. The van der Waals surface area contributed by atoms with Crippen molar-refractivity contribution in [1.82, 2.24) is 15.1 Å². The van der Waals surface area contributed by atoms with Crippen molar-refractivity contribution < 1.29 is 23.5 Å². The monoisotopic (exact) mass is 323 g/mol. The average molecular weight is 323 g/mol. The zero-order valence-electron chi connectivity index (χ0n) is 13.1. The Kier molecular flexibility index (Phi) is 6.16. The van der Waals surface area contributed by atoms with Crippen molar-refractivity contribution >= 4 is 17.7 Å². The van der Waals surface area contributed by atoms with E-state index in [0.717, 1.165) is 0 Å². The minimum Gasteiger partial charge on any atom is -0.459 e. The highest BCUT2D eigenvalue weighted by Crippen LogP contribution is 2.09. The van der Waals surface area contributed by atoms with E-state index in [1.807, 2.05) is 0 Å². The Morgan fingerprint density at radius 1 is 1.22 bits per heavy atom. The zero-order valence-corrected chi connectivity index (χ0v) is 13.1. The van der Waals surface area contributed by atoms with Gasteiger partial charge in [0.1, 0.15) is 0 Å². The molecule has 23 heavy (non-hydrogen) atoms. The zero-order chi connectivity index (χ0) is 16.7. The number of methoxy groups -OCH3 is 1. The Morgan fingerprint density at radius 2 is 1.91 bits per heavy atom. The van der Waals surface area contributed by atoms with Crippen LogP contribution in [0.5, 0.6) is 0 Å². The molecule has 0 atom stereocenters. The first-order valence-electron chi connectivity index (χ1n) is 7.52. The summed E-state index contributed by atoms with van der Waals surface area (Å²) in [5.41, 5.74) is 0. The lowest BCUT2D eigenvalue weighted by atomic mass is 10.2. The van der Waals surface area contributed by atoms with Gasteiger partial charge in [-0.05, 0) is 18.6 Å². The van der Waals surface area contributed by atoms with Gasteiger partial charge >= 0.3 is 11.8 Å². The second-order valence-electron chi connectivity index (χ2n) is 5.16. The molecule has 8 heteroatoms. The number of piperazine rings is 1. The molecular formula is C15H21N3O5. The van der Waals surface area contributed by atoms with Crippen molar-refractivity contribution in [3.8, 4) is 0 Å². The van der Waals surface area contributed by atoms with Gasteiger partial charge in [0.2, 0.25) is 0 Å². The Hall–Kier alpha value is -2.35. The molecule has 2 heterocycles. The number of furan rings is 1. The summed E-state index contributed by atoms with van der Waals surface area (Å²) < 4.78 is 9.95. The van der Waals surface area contributed by atoms with Crippen LogP contribution in [0.2, 0.25) is 0 Å². The summed E-state index contributed by atoms with van der Waals surface area (Å²) in [6.07, 6.45) is 2.10. The van der Waals surface area contributed by atoms with Crippen LogP contribution in [0, 0.1) is 0 Å². The molecular weight excluding hydrogens is 302 g/mol. The van der Waals surface area contributed by atoms with Crippen LogP contribution in [-0.2, 0) is 14.3 Å². The quantitative estimate of drug-likeness (QED) is 0.594. The Labute approximate surface area is 134 Å². The molecule has 1 aliphatic rings. The van der Waals surface area contributed by atoms with Gasteiger partial charge in [-0.1, -0.05) is 0 Å². The molecule has 0 bridgehead atoms. The predicted octanol–water partition coefficient (Wildman–Crippen LogP) is -0.283. The summed E-state index contributed by atoms with van der Waals surface area (Å²) in [5.74, 6) is -1.11. The summed E-state index contributed by atoms with van der Waals surface area (Å²) in [7, 11) is 1.58. The van der Waals surface area contributed by atoms with E-state index in [-0.39, 0.29) is 11.7 Å². The summed E-state index contributed by atoms with van der Waals surface area (Å²) in [4.78, 5) is 39.0. The van der Waals surface area contributed by atoms with Gasteiger partial charge < -0.3 is 24.3 Å². The van der Waals surface area contributed by atoms with Crippen molar-refractivity contribution in [3.05, 3.63) is 24.2 Å². The number of nitrogens with one attached hydrogen (secondary N) is 1. The van der Waals surface area contributed by atoms with Crippen LogP contribution < -0.4 is 5.32 Å². The molecule has 1 aromatic heterocycles. The number of ether oxygens (including phenoxy) is 1.